The maximum Gasteiger partial charge on any atom is 0.148 e. The van der Waals surface area contributed by atoms with Crippen molar-refractivity contribution in [1.29, 1.82) is 0 Å². The van der Waals surface area contributed by atoms with Crippen LogP contribution in [0.15, 0.2) is 24.3 Å². The van der Waals surface area contributed by atoms with Gasteiger partial charge < -0.3 is 10.1 Å². The van der Waals surface area contributed by atoms with Crippen LogP contribution in [0.25, 0.3) is 0 Å². The Balaban J connectivity index is 0.00000180. The van der Waals surface area contributed by atoms with Crippen LogP contribution in [-0.4, -0.2) is 12.6 Å². The summed E-state index contributed by atoms with van der Waals surface area (Å²) in [6, 6.07) is 8.77. The Morgan fingerprint density at radius 3 is 2.68 bits per heavy atom. The highest BCUT2D eigenvalue weighted by atomic mass is 35.5. The lowest BCUT2D eigenvalue weighted by Gasteiger charge is -2.23. The molecule has 1 aliphatic rings. The fourth-order valence-corrected chi connectivity index (χ4v) is 2.47. The molecule has 0 saturated heterocycles. The van der Waals surface area contributed by atoms with Gasteiger partial charge in [0.1, 0.15) is 12.4 Å². The lowest BCUT2D eigenvalue weighted by atomic mass is 9.95. The molecule has 2 rings (SSSR count). The summed E-state index contributed by atoms with van der Waals surface area (Å²) >= 11 is 0. The summed E-state index contributed by atoms with van der Waals surface area (Å²) in [5.74, 6) is 3.41. The molecule has 0 aliphatic heterocycles. The van der Waals surface area contributed by atoms with E-state index in [9.17, 15) is 0 Å². The van der Waals surface area contributed by atoms with Crippen LogP contribution in [0.3, 0.4) is 0 Å². The topological polar surface area (TPSA) is 21.3 Å². The molecular weight excluding hydrogens is 258 g/mol. The van der Waals surface area contributed by atoms with Crippen LogP contribution < -0.4 is 10.1 Å². The van der Waals surface area contributed by atoms with E-state index in [-0.39, 0.29) is 12.4 Å². The van der Waals surface area contributed by atoms with Crippen LogP contribution in [0.2, 0.25) is 0 Å². The average Bonchev–Trinajstić information content (AvgIpc) is 2.45. The molecule has 2 nitrogen and oxygen atoms in total. The normalized spacial score (nSPS) is 15.3. The largest absolute Gasteiger partial charge is 0.481 e. The van der Waals surface area contributed by atoms with E-state index in [0.29, 0.717) is 12.6 Å². The van der Waals surface area contributed by atoms with Gasteiger partial charge in [0.2, 0.25) is 0 Å². The van der Waals surface area contributed by atoms with Crippen LogP contribution in [-0.2, 0) is 6.54 Å². The first-order valence-corrected chi connectivity index (χ1v) is 6.77. The molecular formula is C16H22ClNO. The monoisotopic (exact) mass is 279 g/mol. The quantitative estimate of drug-likeness (QED) is 0.833. The molecule has 0 amide bonds. The Morgan fingerprint density at radius 2 is 1.95 bits per heavy atom. The van der Waals surface area contributed by atoms with Crippen molar-refractivity contribution in [3.05, 3.63) is 29.8 Å². The molecule has 0 unspecified atom stereocenters. The molecule has 0 heterocycles. The lowest BCUT2D eigenvalue weighted by molar-refractivity contribution is 0.352. The van der Waals surface area contributed by atoms with Crippen LogP contribution in [0.5, 0.6) is 5.75 Å². The Bertz CT molecular complexity index is 407. The van der Waals surface area contributed by atoms with Gasteiger partial charge in [-0.2, -0.15) is 0 Å². The van der Waals surface area contributed by atoms with Crippen molar-refractivity contribution in [3.63, 3.8) is 0 Å². The zero-order valence-corrected chi connectivity index (χ0v) is 12.0. The van der Waals surface area contributed by atoms with Crippen molar-refractivity contribution in [2.24, 2.45) is 0 Å². The number of hydrogen-bond donors (Lipinski definition) is 1. The summed E-state index contributed by atoms with van der Waals surface area (Å²) < 4.78 is 5.55. The number of rotatable bonds is 5. The second-order valence-electron chi connectivity index (χ2n) is 4.82. The number of halogens is 1. The highest BCUT2D eigenvalue weighted by Gasteiger charge is 2.13. The summed E-state index contributed by atoms with van der Waals surface area (Å²) in [6.07, 6.45) is 11.9. The van der Waals surface area contributed by atoms with Crippen molar-refractivity contribution in [1.82, 2.24) is 5.32 Å². The molecule has 1 N–H and O–H groups in total. The zero-order valence-electron chi connectivity index (χ0n) is 11.2. The van der Waals surface area contributed by atoms with Crippen molar-refractivity contribution in [2.45, 2.75) is 44.7 Å². The Kier molecular flexibility index (Phi) is 7.40. The first-order valence-electron chi connectivity index (χ1n) is 6.77. The van der Waals surface area contributed by atoms with Gasteiger partial charge in [0, 0.05) is 18.2 Å². The van der Waals surface area contributed by atoms with Gasteiger partial charge in [-0.05, 0) is 18.9 Å². The SMILES string of the molecule is C#CCOc1ccccc1CNC1CCCCC1.Cl. The molecule has 0 aromatic heterocycles. The fraction of sp³-hybridized carbons (Fsp3) is 0.500. The van der Waals surface area contributed by atoms with Crippen molar-refractivity contribution in [2.75, 3.05) is 6.61 Å². The highest BCUT2D eigenvalue weighted by Crippen LogP contribution is 2.21. The Morgan fingerprint density at radius 1 is 1.21 bits per heavy atom. The van der Waals surface area contributed by atoms with Gasteiger partial charge in [0.15, 0.2) is 0 Å². The maximum atomic E-state index is 5.55. The van der Waals surface area contributed by atoms with Crippen molar-refractivity contribution in [3.8, 4) is 18.1 Å². The molecule has 0 bridgehead atoms. The summed E-state index contributed by atoms with van der Waals surface area (Å²) in [6.45, 7) is 1.20. The third kappa shape index (κ3) is 5.14. The summed E-state index contributed by atoms with van der Waals surface area (Å²) in [5.41, 5.74) is 1.19. The molecule has 0 spiro atoms. The molecule has 19 heavy (non-hydrogen) atoms. The van der Waals surface area contributed by atoms with Gasteiger partial charge in [-0.3, -0.25) is 0 Å². The second-order valence-corrected chi connectivity index (χ2v) is 4.82. The lowest BCUT2D eigenvalue weighted by Crippen LogP contribution is -2.30. The van der Waals surface area contributed by atoms with Crippen molar-refractivity contribution >= 4 is 12.4 Å². The third-order valence-corrected chi connectivity index (χ3v) is 3.47. The zero-order chi connectivity index (χ0) is 12.6. The van der Waals surface area contributed by atoms with Crippen LogP contribution in [0.1, 0.15) is 37.7 Å². The summed E-state index contributed by atoms with van der Waals surface area (Å²) in [4.78, 5) is 0. The van der Waals surface area contributed by atoms with E-state index in [1.54, 1.807) is 0 Å². The maximum absolute atomic E-state index is 5.55. The van der Waals surface area contributed by atoms with Gasteiger partial charge in [0.25, 0.3) is 0 Å². The number of hydrogen-bond acceptors (Lipinski definition) is 2. The minimum Gasteiger partial charge on any atom is -0.481 e. The molecule has 1 fully saturated rings. The van der Waals surface area contributed by atoms with Crippen LogP contribution in [0.4, 0.5) is 0 Å². The van der Waals surface area contributed by atoms with E-state index in [1.807, 2.05) is 18.2 Å². The van der Waals surface area contributed by atoms with E-state index in [1.165, 1.54) is 37.7 Å². The molecule has 1 aromatic carbocycles. The second kappa shape index (κ2) is 8.85. The number of terminal acetylenes is 1. The predicted molar refractivity (Wildman–Crippen MR) is 81.7 cm³/mol. The number of para-hydroxylation sites is 1. The van der Waals surface area contributed by atoms with E-state index in [2.05, 4.69) is 17.3 Å². The van der Waals surface area contributed by atoms with Crippen LogP contribution >= 0.6 is 12.4 Å². The minimum absolute atomic E-state index is 0. The molecule has 3 heteroatoms. The molecule has 0 atom stereocenters. The van der Waals surface area contributed by atoms with Gasteiger partial charge in [-0.1, -0.05) is 43.4 Å². The number of benzene rings is 1. The van der Waals surface area contributed by atoms with Crippen LogP contribution in [0, 0.1) is 12.3 Å². The van der Waals surface area contributed by atoms with E-state index >= 15 is 0 Å². The van der Waals surface area contributed by atoms with Gasteiger partial charge in [-0.25, -0.2) is 0 Å². The molecule has 0 radical (unpaired) electrons. The Labute approximate surface area is 122 Å². The van der Waals surface area contributed by atoms with E-state index in [0.717, 1.165) is 12.3 Å². The summed E-state index contributed by atoms with van der Waals surface area (Å²) in [5, 5.41) is 3.62. The average molecular weight is 280 g/mol. The van der Waals surface area contributed by atoms with E-state index < -0.39 is 0 Å². The molecule has 1 aliphatic carbocycles. The number of ether oxygens (including phenoxy) is 1. The Hall–Kier alpha value is -1.17. The smallest absolute Gasteiger partial charge is 0.148 e. The minimum atomic E-state index is 0. The van der Waals surface area contributed by atoms with Gasteiger partial charge in [-0.15, -0.1) is 18.8 Å². The third-order valence-electron chi connectivity index (χ3n) is 3.47. The fourth-order valence-electron chi connectivity index (χ4n) is 2.47. The van der Waals surface area contributed by atoms with Crippen molar-refractivity contribution < 1.29 is 4.74 Å². The summed E-state index contributed by atoms with van der Waals surface area (Å²) in [7, 11) is 0. The first-order chi connectivity index (χ1) is 8.90. The standard InChI is InChI=1S/C16H21NO.ClH/c1-2-12-18-16-11-7-6-8-14(16)13-17-15-9-4-3-5-10-15;/h1,6-8,11,15,17H,3-5,9-10,12-13H2;1H. The van der Waals surface area contributed by atoms with Gasteiger partial charge >= 0.3 is 0 Å². The molecule has 1 aromatic rings. The molecule has 1 saturated carbocycles. The number of nitrogens with one attached hydrogen (secondary N) is 1. The first kappa shape index (κ1) is 15.9. The predicted octanol–water partition coefficient (Wildman–Crippen LogP) is 3.54. The molecule has 104 valence electrons. The van der Waals surface area contributed by atoms with E-state index in [4.69, 9.17) is 11.2 Å². The van der Waals surface area contributed by atoms with Gasteiger partial charge in [0.05, 0.1) is 0 Å². The highest BCUT2D eigenvalue weighted by molar-refractivity contribution is 5.85.